The van der Waals surface area contributed by atoms with Crippen LogP contribution < -0.4 is 4.74 Å². The summed E-state index contributed by atoms with van der Waals surface area (Å²) in [5.74, 6) is 0.181. The predicted octanol–water partition coefficient (Wildman–Crippen LogP) is 5.31. The van der Waals surface area contributed by atoms with Gasteiger partial charge in [-0.05, 0) is 66.1 Å². The molecule has 0 radical (unpaired) electrons. The number of halogens is 2. The van der Waals surface area contributed by atoms with Crippen molar-refractivity contribution in [1.82, 2.24) is 9.80 Å². The fraction of sp³-hybridized carbons (Fsp3) is 0.250. The normalized spacial score (nSPS) is 14.6. The molecular weight excluding hydrogens is 434 g/mol. The van der Waals surface area contributed by atoms with Crippen LogP contribution in [0.4, 0.5) is 8.78 Å². The first-order valence-corrected chi connectivity index (χ1v) is 11.5. The van der Waals surface area contributed by atoms with Crippen LogP contribution in [0.15, 0.2) is 78.9 Å². The Labute approximate surface area is 199 Å². The van der Waals surface area contributed by atoms with Gasteiger partial charge in [0.1, 0.15) is 17.4 Å². The molecule has 1 aliphatic rings. The standard InChI is InChI=1S/C28H28F2N2O2/c1-2-34-26-14-3-21(4-15-26)5-16-27(33)31-17-19-32(20-18-31)28(22-6-10-24(29)11-7-22)23-8-12-25(30)13-9-23/h3-16,28H,2,17-20H2,1H3/b16-5+. The first kappa shape index (κ1) is 23.6. The summed E-state index contributed by atoms with van der Waals surface area (Å²) < 4.78 is 32.5. The fourth-order valence-electron chi connectivity index (χ4n) is 4.22. The first-order chi connectivity index (χ1) is 16.5. The molecular formula is C28H28F2N2O2. The van der Waals surface area contributed by atoms with E-state index in [1.165, 1.54) is 24.3 Å². The highest BCUT2D eigenvalue weighted by atomic mass is 19.1. The van der Waals surface area contributed by atoms with Gasteiger partial charge in [0, 0.05) is 32.3 Å². The third kappa shape index (κ3) is 5.88. The van der Waals surface area contributed by atoms with Gasteiger partial charge in [-0.3, -0.25) is 9.69 Å². The molecule has 4 nitrogen and oxygen atoms in total. The Kier molecular flexibility index (Phi) is 7.70. The van der Waals surface area contributed by atoms with Gasteiger partial charge in [-0.2, -0.15) is 0 Å². The van der Waals surface area contributed by atoms with E-state index in [0.717, 1.165) is 22.4 Å². The molecule has 4 rings (SSSR count). The summed E-state index contributed by atoms with van der Waals surface area (Å²) in [4.78, 5) is 16.8. The van der Waals surface area contributed by atoms with Gasteiger partial charge in [0.15, 0.2) is 0 Å². The van der Waals surface area contributed by atoms with Crippen LogP contribution in [-0.4, -0.2) is 48.5 Å². The highest BCUT2D eigenvalue weighted by Crippen LogP contribution is 2.30. The molecule has 0 spiro atoms. The number of amides is 1. The lowest BCUT2D eigenvalue weighted by Crippen LogP contribution is -2.49. The molecule has 3 aromatic carbocycles. The number of carbonyl (C=O) groups excluding carboxylic acids is 1. The zero-order valence-corrected chi connectivity index (χ0v) is 19.2. The van der Waals surface area contributed by atoms with Gasteiger partial charge < -0.3 is 9.64 Å². The average Bonchev–Trinajstić information content (AvgIpc) is 2.86. The number of hydrogen-bond donors (Lipinski definition) is 0. The number of rotatable bonds is 7. The van der Waals surface area contributed by atoms with Gasteiger partial charge in [0.05, 0.1) is 12.6 Å². The van der Waals surface area contributed by atoms with E-state index in [0.29, 0.717) is 32.8 Å². The molecule has 34 heavy (non-hydrogen) atoms. The smallest absolute Gasteiger partial charge is 0.246 e. The largest absolute Gasteiger partial charge is 0.494 e. The van der Waals surface area contributed by atoms with Crippen molar-refractivity contribution in [3.05, 3.63) is 107 Å². The van der Waals surface area contributed by atoms with Gasteiger partial charge in [-0.15, -0.1) is 0 Å². The molecule has 0 aliphatic carbocycles. The van der Waals surface area contributed by atoms with Crippen LogP contribution in [0, 0.1) is 11.6 Å². The van der Waals surface area contributed by atoms with Crippen LogP contribution in [0.5, 0.6) is 5.75 Å². The maximum atomic E-state index is 13.5. The number of benzene rings is 3. The maximum absolute atomic E-state index is 13.5. The van der Waals surface area contributed by atoms with Crippen LogP contribution >= 0.6 is 0 Å². The highest BCUT2D eigenvalue weighted by molar-refractivity contribution is 5.91. The highest BCUT2D eigenvalue weighted by Gasteiger charge is 2.27. The Morgan fingerprint density at radius 1 is 0.853 bits per heavy atom. The monoisotopic (exact) mass is 462 g/mol. The summed E-state index contributed by atoms with van der Waals surface area (Å²) in [6.45, 7) is 5.01. The number of carbonyl (C=O) groups is 1. The lowest BCUT2D eigenvalue weighted by molar-refractivity contribution is -0.127. The number of nitrogens with zero attached hydrogens (tertiary/aromatic N) is 2. The van der Waals surface area contributed by atoms with Gasteiger partial charge >= 0.3 is 0 Å². The summed E-state index contributed by atoms with van der Waals surface area (Å²) in [5.41, 5.74) is 2.80. The minimum atomic E-state index is -0.295. The zero-order valence-electron chi connectivity index (χ0n) is 19.2. The van der Waals surface area contributed by atoms with Gasteiger partial charge in [0.25, 0.3) is 0 Å². The van der Waals surface area contributed by atoms with Crippen molar-refractivity contribution in [2.75, 3.05) is 32.8 Å². The Morgan fingerprint density at radius 2 is 1.38 bits per heavy atom. The van der Waals surface area contributed by atoms with Crippen molar-refractivity contribution in [2.45, 2.75) is 13.0 Å². The number of piperazine rings is 1. The fourth-order valence-corrected chi connectivity index (χ4v) is 4.22. The molecule has 1 saturated heterocycles. The second-order valence-electron chi connectivity index (χ2n) is 8.20. The summed E-state index contributed by atoms with van der Waals surface area (Å²) in [5, 5.41) is 0. The minimum Gasteiger partial charge on any atom is -0.494 e. The summed E-state index contributed by atoms with van der Waals surface area (Å²) in [7, 11) is 0. The van der Waals surface area contributed by atoms with Crippen molar-refractivity contribution in [1.29, 1.82) is 0 Å². The van der Waals surface area contributed by atoms with E-state index < -0.39 is 0 Å². The van der Waals surface area contributed by atoms with Crippen LogP contribution in [0.3, 0.4) is 0 Å². The number of ether oxygens (including phenoxy) is 1. The lowest BCUT2D eigenvalue weighted by Gasteiger charge is -2.39. The molecule has 0 N–H and O–H groups in total. The molecule has 1 fully saturated rings. The zero-order chi connectivity index (χ0) is 23.9. The third-order valence-electron chi connectivity index (χ3n) is 5.97. The summed E-state index contributed by atoms with van der Waals surface area (Å²) in [6, 6.07) is 20.3. The molecule has 0 saturated carbocycles. The van der Waals surface area contributed by atoms with Crippen LogP contribution in [0.1, 0.15) is 29.7 Å². The van der Waals surface area contributed by atoms with Crippen molar-refractivity contribution in [3.8, 4) is 5.75 Å². The van der Waals surface area contributed by atoms with E-state index in [4.69, 9.17) is 4.74 Å². The van der Waals surface area contributed by atoms with Crippen molar-refractivity contribution in [3.63, 3.8) is 0 Å². The van der Waals surface area contributed by atoms with E-state index in [1.54, 1.807) is 30.3 Å². The van der Waals surface area contributed by atoms with Crippen LogP contribution in [0.2, 0.25) is 0 Å². The first-order valence-electron chi connectivity index (χ1n) is 11.5. The Bertz CT molecular complexity index is 1060. The van der Waals surface area contributed by atoms with Gasteiger partial charge in [-0.1, -0.05) is 36.4 Å². The van der Waals surface area contributed by atoms with E-state index >= 15 is 0 Å². The van der Waals surface area contributed by atoms with E-state index in [1.807, 2.05) is 42.2 Å². The Morgan fingerprint density at radius 3 is 1.88 bits per heavy atom. The summed E-state index contributed by atoms with van der Waals surface area (Å²) in [6.07, 6.45) is 3.41. The third-order valence-corrected chi connectivity index (χ3v) is 5.97. The molecule has 1 heterocycles. The topological polar surface area (TPSA) is 32.8 Å². The van der Waals surface area contributed by atoms with Gasteiger partial charge in [-0.25, -0.2) is 8.78 Å². The van der Waals surface area contributed by atoms with E-state index in [2.05, 4.69) is 4.90 Å². The lowest BCUT2D eigenvalue weighted by atomic mass is 9.96. The molecule has 6 heteroatoms. The molecule has 0 atom stereocenters. The Hall–Kier alpha value is -3.51. The van der Waals surface area contributed by atoms with Gasteiger partial charge in [0.2, 0.25) is 5.91 Å². The molecule has 0 bridgehead atoms. The minimum absolute atomic E-state index is 0.0337. The quantitative estimate of drug-likeness (QED) is 0.446. The predicted molar refractivity (Wildman–Crippen MR) is 129 cm³/mol. The van der Waals surface area contributed by atoms with Crippen molar-refractivity contribution >= 4 is 12.0 Å². The molecule has 0 aromatic heterocycles. The van der Waals surface area contributed by atoms with Crippen molar-refractivity contribution in [2.24, 2.45) is 0 Å². The molecule has 176 valence electrons. The van der Waals surface area contributed by atoms with Crippen LogP contribution in [-0.2, 0) is 4.79 Å². The molecule has 0 unspecified atom stereocenters. The van der Waals surface area contributed by atoms with E-state index in [9.17, 15) is 13.6 Å². The maximum Gasteiger partial charge on any atom is 0.246 e. The Balaban J connectivity index is 1.42. The van der Waals surface area contributed by atoms with E-state index in [-0.39, 0.29) is 23.6 Å². The number of hydrogen-bond acceptors (Lipinski definition) is 3. The van der Waals surface area contributed by atoms with Crippen molar-refractivity contribution < 1.29 is 18.3 Å². The molecule has 3 aromatic rings. The second kappa shape index (κ2) is 11.1. The summed E-state index contributed by atoms with van der Waals surface area (Å²) >= 11 is 0. The molecule has 1 amide bonds. The SMILES string of the molecule is CCOc1ccc(/C=C/C(=O)N2CCN(C(c3ccc(F)cc3)c3ccc(F)cc3)CC2)cc1. The van der Waals surface area contributed by atoms with Crippen LogP contribution in [0.25, 0.3) is 6.08 Å². The molecule has 1 aliphatic heterocycles. The second-order valence-corrected chi connectivity index (χ2v) is 8.20. The average molecular weight is 463 g/mol.